The second-order valence-electron chi connectivity index (χ2n) is 5.04. The van der Waals surface area contributed by atoms with Crippen molar-refractivity contribution in [2.45, 2.75) is 32.7 Å². The Kier molecular flexibility index (Phi) is 4.06. The minimum absolute atomic E-state index is 0.501. The van der Waals surface area contributed by atoms with Gasteiger partial charge in [-0.3, -0.25) is 0 Å². The number of fused-ring (bicyclic) bond motifs is 1. The molecule has 0 amide bonds. The molecule has 0 saturated heterocycles. The molecule has 0 fully saturated rings. The van der Waals surface area contributed by atoms with Gasteiger partial charge < -0.3 is 4.90 Å². The first-order valence-corrected chi connectivity index (χ1v) is 6.83. The van der Waals surface area contributed by atoms with E-state index in [4.69, 9.17) is 0 Å². The summed E-state index contributed by atoms with van der Waals surface area (Å²) in [4.78, 5) is 2.31. The van der Waals surface area contributed by atoms with Gasteiger partial charge in [-0.25, -0.2) is 0 Å². The van der Waals surface area contributed by atoms with Crippen LogP contribution in [0, 0.1) is 11.3 Å². The van der Waals surface area contributed by atoms with E-state index >= 15 is 0 Å². The standard InChI is InChI=1S/C17H20N2/c1-4-7-13(2)19(3)17-11-10-14(12-18)15-8-5-6-9-16(15)17/h5-6,8-11,13H,4,7H2,1-3H3. The van der Waals surface area contributed by atoms with E-state index in [1.54, 1.807) is 0 Å². The molecular formula is C17H20N2. The first-order chi connectivity index (χ1) is 9.19. The molecule has 0 N–H and O–H groups in total. The molecule has 1 atom stereocenters. The van der Waals surface area contributed by atoms with Crippen molar-refractivity contribution < 1.29 is 0 Å². The summed E-state index contributed by atoms with van der Waals surface area (Å²) in [7, 11) is 2.13. The minimum Gasteiger partial charge on any atom is -0.371 e. The first kappa shape index (κ1) is 13.4. The summed E-state index contributed by atoms with van der Waals surface area (Å²) >= 11 is 0. The fourth-order valence-corrected chi connectivity index (χ4v) is 2.54. The number of nitriles is 1. The van der Waals surface area contributed by atoms with Crippen LogP contribution in [0.2, 0.25) is 0 Å². The zero-order chi connectivity index (χ0) is 13.8. The topological polar surface area (TPSA) is 27.0 Å². The molecule has 0 radical (unpaired) electrons. The average Bonchev–Trinajstić information content (AvgIpc) is 2.45. The maximum Gasteiger partial charge on any atom is 0.0998 e. The van der Waals surface area contributed by atoms with Crippen LogP contribution in [-0.2, 0) is 0 Å². The third kappa shape index (κ3) is 2.56. The lowest BCUT2D eigenvalue weighted by molar-refractivity contribution is 0.617. The molecule has 2 heteroatoms. The molecular weight excluding hydrogens is 232 g/mol. The fraction of sp³-hybridized carbons (Fsp3) is 0.353. The Morgan fingerprint density at radius 2 is 1.84 bits per heavy atom. The number of hydrogen-bond acceptors (Lipinski definition) is 2. The SMILES string of the molecule is CCCC(C)N(C)c1ccc(C#N)c2ccccc12. The number of anilines is 1. The van der Waals surface area contributed by atoms with Crippen molar-refractivity contribution in [3.63, 3.8) is 0 Å². The van der Waals surface area contributed by atoms with E-state index in [0.29, 0.717) is 6.04 Å². The van der Waals surface area contributed by atoms with Crippen molar-refractivity contribution in [2.24, 2.45) is 0 Å². The van der Waals surface area contributed by atoms with Crippen LogP contribution < -0.4 is 4.90 Å². The molecule has 0 aliphatic rings. The average molecular weight is 252 g/mol. The summed E-state index contributed by atoms with van der Waals surface area (Å²) in [5.74, 6) is 0. The lowest BCUT2D eigenvalue weighted by Crippen LogP contribution is -2.28. The lowest BCUT2D eigenvalue weighted by atomic mass is 10.0. The summed E-state index contributed by atoms with van der Waals surface area (Å²) in [5.41, 5.74) is 1.95. The van der Waals surface area contributed by atoms with Gasteiger partial charge in [0, 0.05) is 29.5 Å². The Morgan fingerprint density at radius 3 is 2.47 bits per heavy atom. The van der Waals surface area contributed by atoms with Crippen LogP contribution in [0.5, 0.6) is 0 Å². The molecule has 2 aromatic rings. The van der Waals surface area contributed by atoms with Crippen molar-refractivity contribution in [1.29, 1.82) is 5.26 Å². The summed E-state index contributed by atoms with van der Waals surface area (Å²) in [5, 5.41) is 11.4. The van der Waals surface area contributed by atoms with Crippen LogP contribution in [0.4, 0.5) is 5.69 Å². The Hall–Kier alpha value is -2.01. The minimum atomic E-state index is 0.501. The predicted molar refractivity (Wildman–Crippen MR) is 81.4 cm³/mol. The highest BCUT2D eigenvalue weighted by molar-refractivity contribution is 5.97. The van der Waals surface area contributed by atoms with E-state index in [0.717, 1.165) is 16.3 Å². The molecule has 2 rings (SSSR count). The van der Waals surface area contributed by atoms with Crippen molar-refractivity contribution >= 4 is 16.5 Å². The normalized spacial score (nSPS) is 12.1. The van der Waals surface area contributed by atoms with E-state index in [2.05, 4.69) is 44.0 Å². The molecule has 2 aromatic carbocycles. The van der Waals surface area contributed by atoms with Crippen molar-refractivity contribution in [3.05, 3.63) is 42.0 Å². The lowest BCUT2D eigenvalue weighted by Gasteiger charge is -2.28. The van der Waals surface area contributed by atoms with E-state index in [1.165, 1.54) is 18.5 Å². The zero-order valence-electron chi connectivity index (χ0n) is 11.9. The van der Waals surface area contributed by atoms with Crippen molar-refractivity contribution in [1.82, 2.24) is 0 Å². The highest BCUT2D eigenvalue weighted by atomic mass is 15.1. The second kappa shape index (κ2) is 5.75. The molecule has 98 valence electrons. The summed E-state index contributed by atoms with van der Waals surface area (Å²) in [6.45, 7) is 4.46. The molecule has 1 unspecified atom stereocenters. The third-order valence-electron chi connectivity index (χ3n) is 3.77. The Bertz CT molecular complexity index is 610. The maximum atomic E-state index is 9.19. The van der Waals surface area contributed by atoms with Crippen LogP contribution in [0.3, 0.4) is 0 Å². The van der Waals surface area contributed by atoms with Crippen molar-refractivity contribution in [2.75, 3.05) is 11.9 Å². The molecule has 19 heavy (non-hydrogen) atoms. The molecule has 0 saturated carbocycles. The van der Waals surface area contributed by atoms with Crippen LogP contribution in [0.1, 0.15) is 32.3 Å². The monoisotopic (exact) mass is 252 g/mol. The van der Waals surface area contributed by atoms with Crippen molar-refractivity contribution in [3.8, 4) is 6.07 Å². The van der Waals surface area contributed by atoms with Gasteiger partial charge in [-0.1, -0.05) is 37.6 Å². The van der Waals surface area contributed by atoms with Gasteiger partial charge in [0.15, 0.2) is 0 Å². The summed E-state index contributed by atoms with van der Waals surface area (Å²) < 4.78 is 0. The molecule has 0 heterocycles. The van der Waals surface area contributed by atoms with Gasteiger partial charge in [-0.05, 0) is 25.5 Å². The van der Waals surface area contributed by atoms with Gasteiger partial charge >= 0.3 is 0 Å². The zero-order valence-corrected chi connectivity index (χ0v) is 11.9. The Labute approximate surface area is 115 Å². The van der Waals surface area contributed by atoms with Gasteiger partial charge in [0.1, 0.15) is 0 Å². The van der Waals surface area contributed by atoms with Crippen LogP contribution in [0.25, 0.3) is 10.8 Å². The third-order valence-corrected chi connectivity index (χ3v) is 3.77. The quantitative estimate of drug-likeness (QED) is 0.809. The number of rotatable bonds is 4. The van der Waals surface area contributed by atoms with Crippen LogP contribution in [-0.4, -0.2) is 13.1 Å². The molecule has 0 aliphatic carbocycles. The van der Waals surface area contributed by atoms with Gasteiger partial charge in [0.25, 0.3) is 0 Å². The highest BCUT2D eigenvalue weighted by Crippen LogP contribution is 2.30. The second-order valence-corrected chi connectivity index (χ2v) is 5.04. The van der Waals surface area contributed by atoms with Gasteiger partial charge in [-0.2, -0.15) is 5.26 Å². The largest absolute Gasteiger partial charge is 0.371 e. The van der Waals surface area contributed by atoms with Crippen LogP contribution in [0.15, 0.2) is 36.4 Å². The van der Waals surface area contributed by atoms with Gasteiger partial charge in [0.2, 0.25) is 0 Å². The number of hydrogen-bond donors (Lipinski definition) is 0. The Balaban J connectivity index is 2.54. The predicted octanol–water partition coefficient (Wildman–Crippen LogP) is 4.34. The molecule has 0 spiro atoms. The first-order valence-electron chi connectivity index (χ1n) is 6.83. The molecule has 0 aromatic heterocycles. The number of nitrogens with zero attached hydrogens (tertiary/aromatic N) is 2. The Morgan fingerprint density at radius 1 is 1.16 bits per heavy atom. The van der Waals surface area contributed by atoms with Crippen LogP contribution >= 0.6 is 0 Å². The fourth-order valence-electron chi connectivity index (χ4n) is 2.54. The summed E-state index contributed by atoms with van der Waals surface area (Å²) in [6.07, 6.45) is 2.35. The van der Waals surface area contributed by atoms with E-state index in [1.807, 2.05) is 24.3 Å². The smallest absolute Gasteiger partial charge is 0.0998 e. The van der Waals surface area contributed by atoms with Gasteiger partial charge in [0.05, 0.1) is 11.6 Å². The summed E-state index contributed by atoms with van der Waals surface area (Å²) in [6, 6.07) is 14.9. The van der Waals surface area contributed by atoms with E-state index < -0.39 is 0 Å². The van der Waals surface area contributed by atoms with Gasteiger partial charge in [-0.15, -0.1) is 0 Å². The maximum absolute atomic E-state index is 9.19. The van der Waals surface area contributed by atoms with E-state index in [-0.39, 0.29) is 0 Å². The number of benzene rings is 2. The molecule has 0 bridgehead atoms. The molecule has 0 aliphatic heterocycles. The highest BCUT2D eigenvalue weighted by Gasteiger charge is 2.13. The molecule has 2 nitrogen and oxygen atoms in total. The van der Waals surface area contributed by atoms with E-state index in [9.17, 15) is 5.26 Å².